The fourth-order valence-electron chi connectivity index (χ4n) is 4.08. The van der Waals surface area contributed by atoms with E-state index >= 15 is 0 Å². The SMILES string of the molecule is CS(=O)(=O)N1CCc2cc(C(=O)NC3CCCc4cc(N)ccc43)ccc21.Cl. The smallest absolute Gasteiger partial charge is 0.251 e. The zero-order valence-corrected chi connectivity index (χ0v) is 17.3. The van der Waals surface area contributed by atoms with E-state index in [1.54, 1.807) is 12.1 Å². The van der Waals surface area contributed by atoms with Crippen molar-refractivity contribution in [1.82, 2.24) is 5.32 Å². The number of carbonyl (C=O) groups excluding carboxylic acids is 1. The van der Waals surface area contributed by atoms with Crippen LogP contribution in [-0.4, -0.2) is 27.1 Å². The zero-order valence-electron chi connectivity index (χ0n) is 15.6. The quantitative estimate of drug-likeness (QED) is 0.745. The molecule has 0 bridgehead atoms. The molecule has 0 spiro atoms. The van der Waals surface area contributed by atoms with Crippen LogP contribution in [0.2, 0.25) is 0 Å². The van der Waals surface area contributed by atoms with Crippen LogP contribution in [0, 0.1) is 0 Å². The number of benzene rings is 2. The second-order valence-electron chi connectivity index (χ2n) is 7.31. The molecule has 8 heteroatoms. The summed E-state index contributed by atoms with van der Waals surface area (Å²) in [4.78, 5) is 12.8. The Bertz CT molecular complexity index is 1020. The number of aryl methyl sites for hydroxylation is 1. The van der Waals surface area contributed by atoms with Crippen LogP contribution in [0.1, 0.15) is 45.9 Å². The van der Waals surface area contributed by atoms with Gasteiger partial charge in [0.05, 0.1) is 18.0 Å². The van der Waals surface area contributed by atoms with Crippen LogP contribution >= 0.6 is 12.4 Å². The van der Waals surface area contributed by atoms with Gasteiger partial charge in [-0.3, -0.25) is 9.10 Å². The van der Waals surface area contributed by atoms with Crippen molar-refractivity contribution in [1.29, 1.82) is 0 Å². The summed E-state index contributed by atoms with van der Waals surface area (Å²) >= 11 is 0. The average molecular weight is 422 g/mol. The number of hydrogen-bond donors (Lipinski definition) is 2. The van der Waals surface area contributed by atoms with Gasteiger partial charge in [0.2, 0.25) is 10.0 Å². The predicted molar refractivity (Wildman–Crippen MR) is 114 cm³/mol. The lowest BCUT2D eigenvalue weighted by molar-refractivity contribution is 0.0932. The third-order valence-electron chi connectivity index (χ3n) is 5.38. The molecule has 0 aromatic heterocycles. The second kappa shape index (κ2) is 7.64. The molecule has 0 saturated carbocycles. The van der Waals surface area contributed by atoms with Crippen molar-refractivity contribution in [3.05, 3.63) is 58.7 Å². The molecular formula is C20H24ClN3O3S. The van der Waals surface area contributed by atoms with E-state index in [0.717, 1.165) is 36.1 Å². The first-order chi connectivity index (χ1) is 12.8. The number of nitrogens with zero attached hydrogens (tertiary/aromatic N) is 1. The van der Waals surface area contributed by atoms with E-state index in [-0.39, 0.29) is 24.4 Å². The Hall–Kier alpha value is -2.25. The first-order valence-corrected chi connectivity index (χ1v) is 11.0. The topological polar surface area (TPSA) is 92.5 Å². The average Bonchev–Trinajstić information content (AvgIpc) is 3.05. The minimum absolute atomic E-state index is 0. The highest BCUT2D eigenvalue weighted by Crippen LogP contribution is 2.33. The second-order valence-corrected chi connectivity index (χ2v) is 9.21. The Morgan fingerprint density at radius 3 is 2.68 bits per heavy atom. The number of nitrogen functional groups attached to an aromatic ring is 1. The Morgan fingerprint density at radius 2 is 1.93 bits per heavy atom. The lowest BCUT2D eigenvalue weighted by Crippen LogP contribution is -2.31. The van der Waals surface area contributed by atoms with E-state index in [4.69, 9.17) is 5.73 Å². The molecule has 150 valence electrons. The number of hydrogen-bond acceptors (Lipinski definition) is 4. The summed E-state index contributed by atoms with van der Waals surface area (Å²) in [6.07, 6.45) is 4.71. The highest BCUT2D eigenvalue weighted by atomic mass is 35.5. The van der Waals surface area contributed by atoms with Crippen molar-refractivity contribution < 1.29 is 13.2 Å². The monoisotopic (exact) mass is 421 g/mol. The molecule has 0 saturated heterocycles. The van der Waals surface area contributed by atoms with Crippen LogP contribution in [0.3, 0.4) is 0 Å². The van der Waals surface area contributed by atoms with E-state index in [1.807, 2.05) is 24.3 Å². The Kier molecular flexibility index (Phi) is 5.59. The highest BCUT2D eigenvalue weighted by molar-refractivity contribution is 7.92. The number of sulfonamides is 1. The van der Waals surface area contributed by atoms with Gasteiger partial charge in [-0.15, -0.1) is 12.4 Å². The van der Waals surface area contributed by atoms with Crippen LogP contribution < -0.4 is 15.4 Å². The summed E-state index contributed by atoms with van der Waals surface area (Å²) in [6, 6.07) is 11.1. The van der Waals surface area contributed by atoms with Gasteiger partial charge in [0.1, 0.15) is 0 Å². The van der Waals surface area contributed by atoms with Gasteiger partial charge < -0.3 is 11.1 Å². The molecule has 2 aromatic carbocycles. The molecule has 4 rings (SSSR count). The van der Waals surface area contributed by atoms with Gasteiger partial charge in [0, 0.05) is 17.8 Å². The fraction of sp³-hybridized carbons (Fsp3) is 0.350. The van der Waals surface area contributed by atoms with Crippen molar-refractivity contribution in [3.8, 4) is 0 Å². The first-order valence-electron chi connectivity index (χ1n) is 9.13. The van der Waals surface area contributed by atoms with Gasteiger partial charge in [0.25, 0.3) is 5.91 Å². The number of amides is 1. The van der Waals surface area contributed by atoms with Crippen LogP contribution in [0.25, 0.3) is 0 Å². The van der Waals surface area contributed by atoms with Gasteiger partial charge in [-0.1, -0.05) is 6.07 Å². The lowest BCUT2D eigenvalue weighted by Gasteiger charge is -2.27. The highest BCUT2D eigenvalue weighted by Gasteiger charge is 2.27. The number of carbonyl (C=O) groups is 1. The van der Waals surface area contributed by atoms with Crippen molar-refractivity contribution in [2.75, 3.05) is 22.8 Å². The summed E-state index contributed by atoms with van der Waals surface area (Å²) in [5, 5.41) is 3.13. The minimum Gasteiger partial charge on any atom is -0.399 e. The fourth-order valence-corrected chi connectivity index (χ4v) is 5.04. The molecule has 2 aliphatic rings. The van der Waals surface area contributed by atoms with Gasteiger partial charge in [-0.05, 0) is 72.7 Å². The van der Waals surface area contributed by atoms with Gasteiger partial charge in [-0.25, -0.2) is 8.42 Å². The molecule has 6 nitrogen and oxygen atoms in total. The lowest BCUT2D eigenvalue weighted by atomic mass is 9.87. The van der Waals surface area contributed by atoms with E-state index in [9.17, 15) is 13.2 Å². The van der Waals surface area contributed by atoms with E-state index in [2.05, 4.69) is 5.32 Å². The molecule has 0 fully saturated rings. The summed E-state index contributed by atoms with van der Waals surface area (Å²) in [7, 11) is -3.29. The van der Waals surface area contributed by atoms with Crippen LogP contribution in [-0.2, 0) is 22.9 Å². The standard InChI is InChI=1S/C20H23N3O3S.ClH/c1-27(25,26)23-10-9-14-11-15(5-8-19(14)23)20(24)22-18-4-2-3-13-12-16(21)6-7-17(13)18;/h5-8,11-12,18H,2-4,9-10,21H2,1H3,(H,22,24);1H. The van der Waals surface area contributed by atoms with Gasteiger partial charge >= 0.3 is 0 Å². The number of halogens is 1. The molecule has 1 aliphatic heterocycles. The Labute approximate surface area is 171 Å². The van der Waals surface area contributed by atoms with Gasteiger partial charge in [0.15, 0.2) is 0 Å². The minimum atomic E-state index is -3.29. The Balaban J connectivity index is 0.00000225. The first kappa shape index (κ1) is 20.5. The summed E-state index contributed by atoms with van der Waals surface area (Å²) in [5.41, 5.74) is 11.1. The van der Waals surface area contributed by atoms with Crippen LogP contribution in [0.15, 0.2) is 36.4 Å². The molecule has 28 heavy (non-hydrogen) atoms. The molecule has 0 radical (unpaired) electrons. The summed E-state index contributed by atoms with van der Waals surface area (Å²) < 4.78 is 25.1. The van der Waals surface area contributed by atoms with Crippen molar-refractivity contribution in [2.24, 2.45) is 0 Å². The Morgan fingerprint density at radius 1 is 1.14 bits per heavy atom. The number of anilines is 2. The molecule has 1 unspecified atom stereocenters. The van der Waals surface area contributed by atoms with E-state index in [1.165, 1.54) is 16.1 Å². The molecule has 3 N–H and O–H groups in total. The summed E-state index contributed by atoms with van der Waals surface area (Å²) in [5.74, 6) is -0.134. The van der Waals surface area contributed by atoms with Crippen molar-refractivity contribution in [2.45, 2.75) is 31.7 Å². The van der Waals surface area contributed by atoms with Gasteiger partial charge in [-0.2, -0.15) is 0 Å². The molecular weight excluding hydrogens is 398 g/mol. The maximum Gasteiger partial charge on any atom is 0.251 e. The third-order valence-corrected chi connectivity index (χ3v) is 6.56. The predicted octanol–water partition coefficient (Wildman–Crippen LogP) is 2.82. The van der Waals surface area contributed by atoms with E-state index in [0.29, 0.717) is 24.2 Å². The summed E-state index contributed by atoms with van der Waals surface area (Å²) in [6.45, 7) is 0.427. The van der Waals surface area contributed by atoms with Crippen LogP contribution in [0.5, 0.6) is 0 Å². The maximum absolute atomic E-state index is 12.8. The normalized spacial score (nSPS) is 18.0. The van der Waals surface area contributed by atoms with Crippen LogP contribution in [0.4, 0.5) is 11.4 Å². The number of rotatable bonds is 3. The van der Waals surface area contributed by atoms with E-state index < -0.39 is 10.0 Å². The number of nitrogens with two attached hydrogens (primary N) is 1. The molecule has 1 amide bonds. The zero-order chi connectivity index (χ0) is 19.2. The van der Waals surface area contributed by atoms with Crippen molar-refractivity contribution >= 4 is 39.7 Å². The van der Waals surface area contributed by atoms with Crippen molar-refractivity contribution in [3.63, 3.8) is 0 Å². The third kappa shape index (κ3) is 3.82. The molecule has 1 heterocycles. The number of nitrogens with one attached hydrogen (secondary N) is 1. The molecule has 1 aliphatic carbocycles. The number of fused-ring (bicyclic) bond motifs is 2. The largest absolute Gasteiger partial charge is 0.399 e. The molecule has 1 atom stereocenters. The maximum atomic E-state index is 12.8. The molecule has 2 aromatic rings.